The smallest absolute Gasteiger partial charge is 0.160 e. The molecule has 0 radical (unpaired) electrons. The zero-order valence-electron chi connectivity index (χ0n) is 27.1. The molecule has 1 aliphatic rings. The van der Waals surface area contributed by atoms with Gasteiger partial charge in [-0.15, -0.1) is 0 Å². The van der Waals surface area contributed by atoms with Crippen LogP contribution in [-0.4, -0.2) is 9.97 Å². The number of nitrogens with zero attached hydrogens (tertiary/aromatic N) is 2. The molecule has 0 amide bonds. The fourth-order valence-electron chi connectivity index (χ4n) is 7.95. The second kappa shape index (κ2) is 11.3. The van der Waals surface area contributed by atoms with Gasteiger partial charge in [0, 0.05) is 27.5 Å². The lowest BCUT2D eigenvalue weighted by molar-refractivity contribution is 0.669. The van der Waals surface area contributed by atoms with Crippen LogP contribution in [0.4, 0.5) is 0 Å². The number of furan rings is 1. The van der Waals surface area contributed by atoms with Crippen molar-refractivity contribution >= 4 is 21.9 Å². The summed E-state index contributed by atoms with van der Waals surface area (Å²) < 4.78 is 6.16. The third-order valence-electron chi connectivity index (χ3n) is 10.2. The Morgan fingerprint density at radius 1 is 0.380 bits per heavy atom. The SMILES string of the molecule is c1ccc(-c2nc(-c3ccc4c(c3)C(c3ccccc3)(c3ccccc3)c3ccccc3-4)cc(-c3ccc4oc5ccccc5c4c3)n2)cc1. The van der Waals surface area contributed by atoms with E-state index in [1.165, 1.54) is 33.4 Å². The molecule has 0 spiro atoms. The minimum Gasteiger partial charge on any atom is -0.456 e. The van der Waals surface area contributed by atoms with Crippen LogP contribution in [-0.2, 0) is 5.41 Å². The largest absolute Gasteiger partial charge is 0.456 e. The summed E-state index contributed by atoms with van der Waals surface area (Å²) in [6.07, 6.45) is 0. The van der Waals surface area contributed by atoms with Crippen molar-refractivity contribution < 1.29 is 4.42 Å². The van der Waals surface area contributed by atoms with Crippen molar-refractivity contribution in [1.82, 2.24) is 9.97 Å². The highest BCUT2D eigenvalue weighted by Crippen LogP contribution is 2.56. The van der Waals surface area contributed by atoms with E-state index >= 15 is 0 Å². The average molecular weight is 639 g/mol. The first-order valence-corrected chi connectivity index (χ1v) is 17.0. The fourth-order valence-corrected chi connectivity index (χ4v) is 7.95. The second-order valence-corrected chi connectivity index (χ2v) is 12.9. The number of rotatable bonds is 5. The van der Waals surface area contributed by atoms with Crippen molar-refractivity contribution in [1.29, 1.82) is 0 Å². The average Bonchev–Trinajstić information content (AvgIpc) is 3.72. The number of benzene rings is 7. The van der Waals surface area contributed by atoms with E-state index in [2.05, 4.69) is 152 Å². The van der Waals surface area contributed by atoms with E-state index < -0.39 is 5.41 Å². The molecule has 0 saturated heterocycles. The molecule has 10 rings (SSSR count). The highest BCUT2D eigenvalue weighted by molar-refractivity contribution is 6.06. The topological polar surface area (TPSA) is 38.9 Å². The molecular weight excluding hydrogens is 609 g/mol. The summed E-state index contributed by atoms with van der Waals surface area (Å²) >= 11 is 0. The molecule has 0 saturated carbocycles. The Hall–Kier alpha value is -6.58. The third kappa shape index (κ3) is 4.30. The van der Waals surface area contributed by atoms with Crippen molar-refractivity contribution in [3.05, 3.63) is 204 Å². The summed E-state index contributed by atoms with van der Waals surface area (Å²) in [5, 5.41) is 2.17. The van der Waals surface area contributed by atoms with Crippen LogP contribution in [0, 0.1) is 0 Å². The summed E-state index contributed by atoms with van der Waals surface area (Å²) in [4.78, 5) is 10.4. The Morgan fingerprint density at radius 3 is 1.68 bits per heavy atom. The highest BCUT2D eigenvalue weighted by atomic mass is 16.3. The van der Waals surface area contributed by atoms with Crippen LogP contribution in [0.2, 0.25) is 0 Å². The molecule has 234 valence electrons. The van der Waals surface area contributed by atoms with E-state index in [-0.39, 0.29) is 0 Å². The van der Waals surface area contributed by atoms with E-state index in [0.717, 1.165) is 50.0 Å². The quantitative estimate of drug-likeness (QED) is 0.188. The summed E-state index contributed by atoms with van der Waals surface area (Å²) in [6, 6.07) is 64.4. The van der Waals surface area contributed by atoms with Gasteiger partial charge in [0.15, 0.2) is 5.82 Å². The molecular formula is C47H30N2O. The van der Waals surface area contributed by atoms with Gasteiger partial charge in [0.2, 0.25) is 0 Å². The van der Waals surface area contributed by atoms with Gasteiger partial charge in [0.25, 0.3) is 0 Å². The first kappa shape index (κ1) is 28.4. The van der Waals surface area contributed by atoms with E-state index in [9.17, 15) is 0 Å². The molecule has 0 fully saturated rings. The van der Waals surface area contributed by atoms with Crippen molar-refractivity contribution in [2.75, 3.05) is 0 Å². The minimum absolute atomic E-state index is 0.490. The van der Waals surface area contributed by atoms with E-state index in [0.29, 0.717) is 5.82 Å². The van der Waals surface area contributed by atoms with Crippen LogP contribution in [0.15, 0.2) is 186 Å². The first-order valence-electron chi connectivity index (χ1n) is 17.0. The monoisotopic (exact) mass is 638 g/mol. The molecule has 0 atom stereocenters. The predicted molar refractivity (Wildman–Crippen MR) is 203 cm³/mol. The van der Waals surface area contributed by atoms with Crippen LogP contribution < -0.4 is 0 Å². The van der Waals surface area contributed by atoms with E-state index in [4.69, 9.17) is 14.4 Å². The Bertz CT molecular complexity index is 2660. The van der Waals surface area contributed by atoms with Crippen LogP contribution in [0.1, 0.15) is 22.3 Å². The Balaban J connectivity index is 1.22. The van der Waals surface area contributed by atoms with Crippen LogP contribution in [0.3, 0.4) is 0 Å². The molecule has 7 aromatic carbocycles. The number of hydrogen-bond acceptors (Lipinski definition) is 3. The molecule has 3 heteroatoms. The van der Waals surface area contributed by atoms with Crippen LogP contribution >= 0.6 is 0 Å². The Morgan fingerprint density at radius 2 is 0.940 bits per heavy atom. The third-order valence-corrected chi connectivity index (χ3v) is 10.2. The summed E-state index contributed by atoms with van der Waals surface area (Å²) in [7, 11) is 0. The van der Waals surface area contributed by atoms with Crippen molar-refractivity contribution in [3.8, 4) is 45.0 Å². The van der Waals surface area contributed by atoms with Crippen LogP contribution in [0.25, 0.3) is 67.0 Å². The van der Waals surface area contributed by atoms with Gasteiger partial charge < -0.3 is 4.42 Å². The molecule has 2 aromatic heterocycles. The first-order chi connectivity index (χ1) is 24.8. The fraction of sp³-hybridized carbons (Fsp3) is 0.0213. The van der Waals surface area contributed by atoms with Gasteiger partial charge >= 0.3 is 0 Å². The Labute approximate surface area is 290 Å². The molecule has 1 aliphatic carbocycles. The van der Waals surface area contributed by atoms with Gasteiger partial charge in [-0.25, -0.2) is 9.97 Å². The summed E-state index contributed by atoms with van der Waals surface area (Å²) in [5.41, 5.74) is 13.6. The lowest BCUT2D eigenvalue weighted by Gasteiger charge is -2.34. The van der Waals surface area contributed by atoms with Gasteiger partial charge in [-0.3, -0.25) is 0 Å². The van der Waals surface area contributed by atoms with Crippen molar-refractivity contribution in [3.63, 3.8) is 0 Å². The molecule has 0 unspecified atom stereocenters. The zero-order chi connectivity index (χ0) is 33.1. The standard InChI is InChI=1S/C47H30N2O/c1-4-14-31(15-5-1)46-48-42(32-25-27-45-39(28-32)38-21-11-13-23-44(38)50-45)30-43(49-46)33-24-26-37-36-20-10-12-22-40(36)47(41(37)29-33,34-16-6-2-7-17-34)35-18-8-3-9-19-35/h1-30H. The predicted octanol–water partition coefficient (Wildman–Crippen LogP) is 11.7. The van der Waals surface area contributed by atoms with Gasteiger partial charge in [-0.2, -0.15) is 0 Å². The number of fused-ring (bicyclic) bond motifs is 6. The maximum atomic E-state index is 6.16. The van der Waals surface area contributed by atoms with Crippen molar-refractivity contribution in [2.45, 2.75) is 5.41 Å². The molecule has 0 N–H and O–H groups in total. The van der Waals surface area contributed by atoms with Gasteiger partial charge in [-0.1, -0.05) is 146 Å². The second-order valence-electron chi connectivity index (χ2n) is 12.9. The lowest BCUT2D eigenvalue weighted by atomic mass is 9.67. The van der Waals surface area contributed by atoms with Gasteiger partial charge in [0.1, 0.15) is 11.2 Å². The molecule has 9 aromatic rings. The minimum atomic E-state index is -0.490. The normalized spacial score (nSPS) is 13.0. The molecule has 2 heterocycles. The number of aromatic nitrogens is 2. The lowest BCUT2D eigenvalue weighted by Crippen LogP contribution is -2.28. The van der Waals surface area contributed by atoms with E-state index in [1.807, 2.05) is 30.3 Å². The molecule has 0 aliphatic heterocycles. The number of hydrogen-bond donors (Lipinski definition) is 0. The number of para-hydroxylation sites is 1. The van der Waals surface area contributed by atoms with Crippen molar-refractivity contribution in [2.24, 2.45) is 0 Å². The molecule has 50 heavy (non-hydrogen) atoms. The van der Waals surface area contributed by atoms with Gasteiger partial charge in [0.05, 0.1) is 16.8 Å². The van der Waals surface area contributed by atoms with Gasteiger partial charge in [-0.05, 0) is 69.8 Å². The highest BCUT2D eigenvalue weighted by Gasteiger charge is 2.46. The maximum Gasteiger partial charge on any atom is 0.160 e. The van der Waals surface area contributed by atoms with E-state index in [1.54, 1.807) is 0 Å². The maximum absolute atomic E-state index is 6.16. The zero-order valence-corrected chi connectivity index (χ0v) is 27.1. The molecule has 3 nitrogen and oxygen atoms in total. The Kier molecular flexibility index (Phi) is 6.40. The summed E-state index contributed by atoms with van der Waals surface area (Å²) in [6.45, 7) is 0. The summed E-state index contributed by atoms with van der Waals surface area (Å²) in [5.74, 6) is 0.691. The van der Waals surface area contributed by atoms with Crippen LogP contribution in [0.5, 0.6) is 0 Å². The molecule has 0 bridgehead atoms.